The fraction of sp³-hybridized carbons (Fsp3) is 0.583. The monoisotopic (exact) mass is 494 g/mol. The number of carbonyl (C=O) groups excluding carboxylic acids is 2. The summed E-state index contributed by atoms with van der Waals surface area (Å²) in [5, 5.41) is 11.8. The summed E-state index contributed by atoms with van der Waals surface area (Å²) in [6.07, 6.45) is 6.70. The van der Waals surface area contributed by atoms with E-state index >= 15 is 0 Å². The van der Waals surface area contributed by atoms with Gasteiger partial charge in [0.1, 0.15) is 6.04 Å². The molecule has 1 aromatic heterocycles. The highest BCUT2D eigenvalue weighted by Gasteiger charge is 2.35. The normalized spacial score (nSPS) is 15.1. The molecule has 0 saturated heterocycles. The van der Waals surface area contributed by atoms with E-state index in [1.165, 1.54) is 23.7 Å². The minimum atomic E-state index is -0.554. The second-order valence-corrected chi connectivity index (χ2v) is 9.78. The number of hydrogen-bond donors (Lipinski definition) is 1. The fourth-order valence-electron chi connectivity index (χ4n) is 4.15. The van der Waals surface area contributed by atoms with Gasteiger partial charge in [0.25, 0.3) is 11.1 Å². The van der Waals surface area contributed by atoms with Crippen molar-refractivity contribution in [3.8, 4) is 0 Å². The number of halogens is 1. The lowest BCUT2D eigenvalue weighted by molar-refractivity contribution is -0.122. The van der Waals surface area contributed by atoms with Gasteiger partial charge >= 0.3 is 0 Å². The minimum absolute atomic E-state index is 0. The summed E-state index contributed by atoms with van der Waals surface area (Å²) in [7, 11) is 0. The third-order valence-corrected chi connectivity index (χ3v) is 6.59. The van der Waals surface area contributed by atoms with Crippen LogP contribution in [0.2, 0.25) is 0 Å². The molecular weight excluding hydrogens is 460 g/mol. The average molecular weight is 495 g/mol. The first kappa shape index (κ1) is 27.3. The van der Waals surface area contributed by atoms with Crippen molar-refractivity contribution in [3.63, 3.8) is 0 Å². The van der Waals surface area contributed by atoms with E-state index in [0.29, 0.717) is 11.6 Å². The Morgan fingerprint density at radius 1 is 1.21 bits per heavy atom. The average Bonchev–Trinajstić information content (AvgIpc) is 3.28. The van der Waals surface area contributed by atoms with Gasteiger partial charge in [-0.05, 0) is 30.7 Å². The number of aromatic nitrogens is 2. The van der Waals surface area contributed by atoms with Crippen LogP contribution in [-0.2, 0) is 11.3 Å². The van der Waals surface area contributed by atoms with E-state index in [1.807, 2.05) is 18.2 Å². The maximum absolute atomic E-state index is 13.3. The third-order valence-electron chi connectivity index (χ3n) is 5.77. The van der Waals surface area contributed by atoms with Gasteiger partial charge in [-0.25, -0.2) is 0 Å². The van der Waals surface area contributed by atoms with Crippen molar-refractivity contribution in [1.29, 1.82) is 0 Å². The number of hydrogen-bond acceptors (Lipinski definition) is 7. The lowest BCUT2D eigenvalue weighted by atomic mass is 9.91. The van der Waals surface area contributed by atoms with Crippen molar-refractivity contribution in [3.05, 3.63) is 41.8 Å². The lowest BCUT2D eigenvalue weighted by Gasteiger charge is -2.36. The molecule has 1 aliphatic rings. The molecule has 0 aliphatic heterocycles. The zero-order valence-electron chi connectivity index (χ0n) is 19.4. The molecule has 3 rings (SSSR count). The first-order chi connectivity index (χ1) is 15.6. The molecule has 33 heavy (non-hydrogen) atoms. The molecule has 1 amide bonds. The second-order valence-electron chi connectivity index (χ2n) is 8.74. The number of nitrogens with one attached hydrogen (secondary N) is 1. The molecule has 0 spiro atoms. The molecule has 1 fully saturated rings. The van der Waals surface area contributed by atoms with E-state index in [0.717, 1.165) is 50.9 Å². The molecule has 1 aliphatic carbocycles. The van der Waals surface area contributed by atoms with Crippen molar-refractivity contribution in [1.82, 2.24) is 20.4 Å². The summed E-state index contributed by atoms with van der Waals surface area (Å²) in [5.41, 5.74) is 1.23. The molecule has 0 bridgehead atoms. The maximum Gasteiger partial charge on any atom is 0.286 e. The highest BCUT2D eigenvalue weighted by Crippen LogP contribution is 2.27. The molecule has 9 heteroatoms. The van der Waals surface area contributed by atoms with Crippen LogP contribution in [0.25, 0.3) is 0 Å². The van der Waals surface area contributed by atoms with Crippen LogP contribution in [0, 0.1) is 5.92 Å². The number of benzene rings is 1. The summed E-state index contributed by atoms with van der Waals surface area (Å²) >= 11 is 1.42. The molecule has 1 atom stereocenters. The molecule has 1 saturated carbocycles. The van der Waals surface area contributed by atoms with E-state index in [4.69, 9.17) is 4.42 Å². The molecular formula is C24H35ClN4O3S. The predicted octanol–water partition coefficient (Wildman–Crippen LogP) is 4.76. The molecule has 7 nitrogen and oxygen atoms in total. The molecule has 0 radical (unpaired) electrons. The summed E-state index contributed by atoms with van der Waals surface area (Å²) in [4.78, 5) is 26.9. The van der Waals surface area contributed by atoms with Gasteiger partial charge in [0.15, 0.2) is 0 Å². The standard InChI is InChI=1S/C24H34N4O3S.ClH/c1-18(2)15-21(28(17-29)20-11-7-4-8-12-20)22(30)23-26-27-24(31-23)32-14-13-25-16-19-9-5-3-6-10-19;/h3,5-6,9-10,17-18,20-21,25H,4,7-8,11-16H2,1-2H3;1H/t21-;/m0./s1. The molecule has 182 valence electrons. The van der Waals surface area contributed by atoms with Gasteiger partial charge in [0, 0.05) is 24.9 Å². The lowest BCUT2D eigenvalue weighted by Crippen LogP contribution is -2.48. The van der Waals surface area contributed by atoms with Crippen molar-refractivity contribution in [2.75, 3.05) is 12.3 Å². The number of rotatable bonds is 13. The number of carbonyl (C=O) groups is 2. The van der Waals surface area contributed by atoms with Gasteiger partial charge in [-0.3, -0.25) is 9.59 Å². The van der Waals surface area contributed by atoms with Gasteiger partial charge in [0.2, 0.25) is 12.2 Å². The molecule has 1 aromatic carbocycles. The zero-order valence-corrected chi connectivity index (χ0v) is 21.1. The second kappa shape index (κ2) is 14.4. The largest absolute Gasteiger partial charge is 0.408 e. The maximum atomic E-state index is 13.3. The number of Topliss-reactive ketones (excluding diaryl/α,β-unsaturated/α-hetero) is 1. The summed E-state index contributed by atoms with van der Waals surface area (Å²) in [5.74, 6) is 0.763. The van der Waals surface area contributed by atoms with Gasteiger partial charge in [0.05, 0.1) is 0 Å². The van der Waals surface area contributed by atoms with E-state index in [-0.39, 0.29) is 36.0 Å². The Labute approximate surface area is 206 Å². The van der Waals surface area contributed by atoms with Crippen molar-refractivity contribution >= 4 is 36.4 Å². The number of ketones is 1. The number of nitrogens with zero attached hydrogens (tertiary/aromatic N) is 3. The van der Waals surface area contributed by atoms with E-state index in [2.05, 4.69) is 41.5 Å². The third kappa shape index (κ3) is 8.43. The highest BCUT2D eigenvalue weighted by molar-refractivity contribution is 7.99. The molecule has 1 heterocycles. The SMILES string of the molecule is CC(C)C[C@@H](C(=O)c1nnc(SCCNCc2ccccc2)o1)N(C=O)C1CCCCC1.Cl. The Hall–Kier alpha value is -1.90. The van der Waals surface area contributed by atoms with Gasteiger partial charge in [-0.15, -0.1) is 22.6 Å². The smallest absolute Gasteiger partial charge is 0.286 e. The first-order valence-corrected chi connectivity index (χ1v) is 12.5. The first-order valence-electron chi connectivity index (χ1n) is 11.6. The highest BCUT2D eigenvalue weighted by atomic mass is 35.5. The van der Waals surface area contributed by atoms with Crippen LogP contribution in [0.1, 0.15) is 68.6 Å². The van der Waals surface area contributed by atoms with Crippen molar-refractivity contribution in [2.45, 2.75) is 76.2 Å². The Kier molecular flexibility index (Phi) is 11.9. The van der Waals surface area contributed by atoms with Crippen LogP contribution >= 0.6 is 24.2 Å². The van der Waals surface area contributed by atoms with E-state index in [9.17, 15) is 9.59 Å². The van der Waals surface area contributed by atoms with Gasteiger partial charge < -0.3 is 14.6 Å². The number of amides is 1. The van der Waals surface area contributed by atoms with Crippen molar-refractivity contribution in [2.24, 2.45) is 5.92 Å². The molecule has 1 N–H and O–H groups in total. The van der Waals surface area contributed by atoms with Crippen LogP contribution in [0.4, 0.5) is 0 Å². The Bertz CT molecular complexity index is 843. The summed E-state index contributed by atoms with van der Waals surface area (Å²) in [6, 6.07) is 9.77. The van der Waals surface area contributed by atoms with Crippen LogP contribution < -0.4 is 5.32 Å². The van der Waals surface area contributed by atoms with Gasteiger partial charge in [-0.2, -0.15) is 0 Å². The minimum Gasteiger partial charge on any atom is -0.408 e. The molecule has 0 unspecified atom stereocenters. The van der Waals surface area contributed by atoms with Crippen LogP contribution in [-0.4, -0.2) is 51.7 Å². The predicted molar refractivity (Wildman–Crippen MR) is 133 cm³/mol. The summed E-state index contributed by atoms with van der Waals surface area (Å²) in [6.45, 7) is 5.69. The van der Waals surface area contributed by atoms with Crippen LogP contribution in [0.3, 0.4) is 0 Å². The van der Waals surface area contributed by atoms with Crippen LogP contribution in [0.5, 0.6) is 0 Å². The summed E-state index contributed by atoms with van der Waals surface area (Å²) < 4.78 is 5.68. The van der Waals surface area contributed by atoms with E-state index < -0.39 is 6.04 Å². The van der Waals surface area contributed by atoms with Gasteiger partial charge in [-0.1, -0.05) is 75.2 Å². The topological polar surface area (TPSA) is 88.3 Å². The van der Waals surface area contributed by atoms with E-state index in [1.54, 1.807) is 4.90 Å². The molecule has 2 aromatic rings. The fourth-order valence-corrected chi connectivity index (χ4v) is 4.81. The number of thioether (sulfide) groups is 1. The zero-order chi connectivity index (χ0) is 22.8. The van der Waals surface area contributed by atoms with Crippen molar-refractivity contribution < 1.29 is 14.0 Å². The Morgan fingerprint density at radius 3 is 2.61 bits per heavy atom. The Morgan fingerprint density at radius 2 is 1.94 bits per heavy atom. The van der Waals surface area contributed by atoms with Crippen LogP contribution in [0.15, 0.2) is 40.0 Å². The Balaban J connectivity index is 0.00000385. The quantitative estimate of drug-likeness (QED) is 0.186.